The molecular formula is C21H23ClFN5O6S. The fraction of sp³-hybridized carbons (Fsp3) is 0.381. The summed E-state index contributed by atoms with van der Waals surface area (Å²) in [5.41, 5.74) is 0.703. The van der Waals surface area contributed by atoms with Crippen LogP contribution < -0.4 is 15.1 Å². The number of halogens is 2. The fourth-order valence-corrected chi connectivity index (χ4v) is 4.65. The molecule has 188 valence electrons. The number of nitrogens with one attached hydrogen (secondary N) is 1. The van der Waals surface area contributed by atoms with Gasteiger partial charge in [0, 0.05) is 39.2 Å². The molecule has 0 bridgehead atoms. The van der Waals surface area contributed by atoms with Crippen molar-refractivity contribution in [3.8, 4) is 0 Å². The van der Waals surface area contributed by atoms with Crippen LogP contribution in [0.3, 0.4) is 0 Å². The van der Waals surface area contributed by atoms with E-state index in [1.165, 1.54) is 30.0 Å². The Morgan fingerprint density at radius 2 is 1.94 bits per heavy atom. The van der Waals surface area contributed by atoms with Crippen molar-refractivity contribution < 1.29 is 28.4 Å². The third-order valence-corrected chi connectivity index (χ3v) is 6.61. The Bertz CT molecular complexity index is 1140. The van der Waals surface area contributed by atoms with Gasteiger partial charge in [0.1, 0.15) is 11.9 Å². The van der Waals surface area contributed by atoms with Gasteiger partial charge in [-0.3, -0.25) is 24.6 Å². The van der Waals surface area contributed by atoms with E-state index in [0.29, 0.717) is 42.4 Å². The van der Waals surface area contributed by atoms with E-state index in [1.54, 1.807) is 17.0 Å². The number of amides is 3. The van der Waals surface area contributed by atoms with Gasteiger partial charge in [0.2, 0.25) is 5.91 Å². The van der Waals surface area contributed by atoms with Gasteiger partial charge < -0.3 is 19.9 Å². The van der Waals surface area contributed by atoms with Crippen LogP contribution >= 0.6 is 23.7 Å². The summed E-state index contributed by atoms with van der Waals surface area (Å²) in [6.07, 6.45) is -1.13. The number of hydrogen-bond acceptors (Lipinski definition) is 8. The van der Waals surface area contributed by atoms with Crippen molar-refractivity contribution in [1.82, 2.24) is 10.2 Å². The maximum absolute atomic E-state index is 14.9. The van der Waals surface area contributed by atoms with Crippen LogP contribution in [0.15, 0.2) is 30.3 Å². The van der Waals surface area contributed by atoms with Gasteiger partial charge in [0.25, 0.3) is 5.91 Å². The zero-order chi connectivity index (χ0) is 24.4. The van der Waals surface area contributed by atoms with Crippen LogP contribution in [0, 0.1) is 15.9 Å². The summed E-state index contributed by atoms with van der Waals surface area (Å²) in [4.78, 5) is 51.2. The van der Waals surface area contributed by atoms with Crippen molar-refractivity contribution in [2.45, 2.75) is 13.0 Å². The number of carbonyl (C=O) groups excluding carboxylic acids is 3. The second-order valence-corrected chi connectivity index (χ2v) is 8.93. The molecule has 0 saturated carbocycles. The molecule has 1 aromatic carbocycles. The molecule has 1 N–H and O–H groups in total. The Labute approximate surface area is 210 Å². The van der Waals surface area contributed by atoms with Gasteiger partial charge in [0.05, 0.1) is 34.3 Å². The summed E-state index contributed by atoms with van der Waals surface area (Å²) >= 11 is 0.834. The third-order valence-electron chi connectivity index (χ3n) is 5.59. The minimum Gasteiger partial charge on any atom is -0.442 e. The standard InChI is InChI=1S/C21H22FN5O6S.ClH/c1-13(28)23-11-15-12-26(21(30)33-15)14-2-3-17(16(22)10-14)24-6-8-25(9-7-24)20(29)18-4-5-19(34-18)27(31)32;/h2-5,10,15H,6-9,11-12H2,1H3,(H,23,28);1H/t15-;/m0./s1. The summed E-state index contributed by atoms with van der Waals surface area (Å²) in [6, 6.07) is 7.23. The number of carbonyl (C=O) groups is 3. The van der Waals surface area contributed by atoms with E-state index in [0.717, 1.165) is 11.3 Å². The second kappa shape index (κ2) is 10.9. The van der Waals surface area contributed by atoms with Crippen molar-refractivity contribution in [3.63, 3.8) is 0 Å². The highest BCUT2D eigenvalue weighted by molar-refractivity contribution is 7.17. The highest BCUT2D eigenvalue weighted by Gasteiger charge is 2.33. The maximum Gasteiger partial charge on any atom is 0.414 e. The topological polar surface area (TPSA) is 125 Å². The molecule has 0 spiro atoms. The summed E-state index contributed by atoms with van der Waals surface area (Å²) < 4.78 is 20.2. The van der Waals surface area contributed by atoms with Crippen LogP contribution in [0.2, 0.25) is 0 Å². The number of benzene rings is 1. The number of anilines is 2. The van der Waals surface area contributed by atoms with E-state index in [4.69, 9.17) is 4.74 Å². The van der Waals surface area contributed by atoms with Crippen LogP contribution in [0.1, 0.15) is 16.6 Å². The zero-order valence-electron chi connectivity index (χ0n) is 18.6. The average Bonchev–Trinajstić information content (AvgIpc) is 3.44. The molecule has 2 aliphatic rings. The van der Waals surface area contributed by atoms with E-state index in [-0.39, 0.29) is 42.3 Å². The summed E-state index contributed by atoms with van der Waals surface area (Å²) in [5, 5.41) is 13.3. The number of piperazine rings is 1. The molecule has 1 aromatic heterocycles. The first kappa shape index (κ1) is 26.2. The van der Waals surface area contributed by atoms with E-state index in [2.05, 4.69) is 5.32 Å². The molecule has 0 unspecified atom stereocenters. The van der Waals surface area contributed by atoms with Gasteiger partial charge in [-0.15, -0.1) is 12.4 Å². The van der Waals surface area contributed by atoms with E-state index in [1.807, 2.05) is 4.90 Å². The number of rotatable bonds is 6. The van der Waals surface area contributed by atoms with Crippen molar-refractivity contribution in [2.24, 2.45) is 0 Å². The highest BCUT2D eigenvalue weighted by atomic mass is 35.5. The van der Waals surface area contributed by atoms with Crippen LogP contribution in [-0.4, -0.2) is 73.1 Å². The summed E-state index contributed by atoms with van der Waals surface area (Å²) in [5.74, 6) is -1.03. The quantitative estimate of drug-likeness (QED) is 0.452. The molecular weight excluding hydrogens is 505 g/mol. The molecule has 2 aliphatic heterocycles. The molecule has 0 aliphatic carbocycles. The van der Waals surface area contributed by atoms with Crippen LogP contribution in [0.5, 0.6) is 0 Å². The molecule has 2 saturated heterocycles. The van der Waals surface area contributed by atoms with Gasteiger partial charge in [-0.2, -0.15) is 0 Å². The molecule has 2 aromatic rings. The lowest BCUT2D eigenvalue weighted by molar-refractivity contribution is -0.380. The van der Waals surface area contributed by atoms with E-state index < -0.39 is 22.9 Å². The highest BCUT2D eigenvalue weighted by Crippen LogP contribution is 2.29. The van der Waals surface area contributed by atoms with Crippen LogP contribution in [0.4, 0.5) is 25.6 Å². The lowest BCUT2D eigenvalue weighted by Crippen LogP contribution is -2.48. The summed E-state index contributed by atoms with van der Waals surface area (Å²) in [7, 11) is 0. The largest absolute Gasteiger partial charge is 0.442 e. The number of nitro groups is 1. The first-order chi connectivity index (χ1) is 16.2. The Hall–Kier alpha value is -3.45. The smallest absolute Gasteiger partial charge is 0.414 e. The summed E-state index contributed by atoms with van der Waals surface area (Å²) in [6.45, 7) is 3.20. The van der Waals surface area contributed by atoms with Crippen LogP contribution in [-0.2, 0) is 9.53 Å². The minimum absolute atomic E-state index is 0. The van der Waals surface area contributed by atoms with Crippen molar-refractivity contribution in [2.75, 3.05) is 49.1 Å². The zero-order valence-corrected chi connectivity index (χ0v) is 20.3. The number of thiophene rings is 1. The molecule has 3 amide bonds. The molecule has 3 heterocycles. The van der Waals surface area contributed by atoms with Crippen molar-refractivity contribution in [1.29, 1.82) is 0 Å². The number of ether oxygens (including phenoxy) is 1. The van der Waals surface area contributed by atoms with Gasteiger partial charge in [-0.1, -0.05) is 11.3 Å². The van der Waals surface area contributed by atoms with Crippen LogP contribution in [0.25, 0.3) is 0 Å². The molecule has 14 heteroatoms. The number of cyclic esters (lactones) is 1. The SMILES string of the molecule is CC(=O)NC[C@H]1CN(c2ccc(N3CCN(C(=O)c4ccc([N+](=O)[O-])s4)CC3)c(F)c2)C(=O)O1.Cl. The van der Waals surface area contributed by atoms with Gasteiger partial charge in [0.15, 0.2) is 0 Å². The van der Waals surface area contributed by atoms with E-state index in [9.17, 15) is 28.9 Å². The molecule has 2 fully saturated rings. The first-order valence-electron chi connectivity index (χ1n) is 10.5. The Morgan fingerprint density at radius 1 is 1.23 bits per heavy atom. The fourth-order valence-electron chi connectivity index (χ4n) is 3.86. The minimum atomic E-state index is -0.608. The molecule has 11 nitrogen and oxygen atoms in total. The predicted molar refractivity (Wildman–Crippen MR) is 129 cm³/mol. The Kier molecular flexibility index (Phi) is 8.12. The lowest BCUT2D eigenvalue weighted by atomic mass is 10.2. The molecule has 4 rings (SSSR count). The van der Waals surface area contributed by atoms with Gasteiger partial charge >= 0.3 is 11.1 Å². The third kappa shape index (κ3) is 5.80. The normalized spacial score (nSPS) is 17.6. The van der Waals surface area contributed by atoms with Crippen molar-refractivity contribution in [3.05, 3.63) is 51.1 Å². The number of nitrogens with zero attached hydrogens (tertiary/aromatic N) is 4. The Morgan fingerprint density at radius 3 is 2.54 bits per heavy atom. The first-order valence-corrected chi connectivity index (χ1v) is 11.3. The monoisotopic (exact) mass is 527 g/mol. The van der Waals surface area contributed by atoms with Crippen molar-refractivity contribution >= 4 is 58.0 Å². The molecule has 1 atom stereocenters. The van der Waals surface area contributed by atoms with Gasteiger partial charge in [-0.25, -0.2) is 9.18 Å². The average molecular weight is 528 g/mol. The lowest BCUT2D eigenvalue weighted by Gasteiger charge is -2.36. The van der Waals surface area contributed by atoms with E-state index >= 15 is 0 Å². The second-order valence-electron chi connectivity index (χ2n) is 7.86. The van der Waals surface area contributed by atoms with Gasteiger partial charge in [-0.05, 0) is 24.3 Å². The Balaban J connectivity index is 0.00000342. The molecule has 0 radical (unpaired) electrons. The number of hydrogen-bond donors (Lipinski definition) is 1. The maximum atomic E-state index is 14.9. The predicted octanol–water partition coefficient (Wildman–Crippen LogP) is 2.64. The molecule has 35 heavy (non-hydrogen) atoms.